The van der Waals surface area contributed by atoms with Crippen molar-refractivity contribution in [1.29, 1.82) is 0 Å². The van der Waals surface area contributed by atoms with Gasteiger partial charge in [-0.25, -0.2) is 12.8 Å². The normalized spacial score (nSPS) is 11.1. The van der Waals surface area contributed by atoms with Crippen molar-refractivity contribution < 1.29 is 47.2 Å². The van der Waals surface area contributed by atoms with Gasteiger partial charge >= 0.3 is 29.6 Å². The Labute approximate surface area is 184 Å². The van der Waals surface area contributed by atoms with E-state index in [1.165, 1.54) is 58.3 Å². The van der Waals surface area contributed by atoms with Gasteiger partial charge in [0.25, 0.3) is 0 Å². The van der Waals surface area contributed by atoms with Gasteiger partial charge in [0.2, 0.25) is 15.9 Å². The average molecular weight is 423 g/mol. The molecule has 2 rings (SSSR count). The fourth-order valence-corrected chi connectivity index (χ4v) is 3.89. The van der Waals surface area contributed by atoms with E-state index in [4.69, 9.17) is 11.6 Å². The molecule has 1 amide bonds. The minimum Gasteiger partial charge on any atom is -0.759 e. The Morgan fingerprint density at radius 1 is 1.11 bits per heavy atom. The van der Waals surface area contributed by atoms with Crippen molar-refractivity contribution in [1.82, 2.24) is 9.79 Å². The van der Waals surface area contributed by atoms with Crippen LogP contribution in [0.5, 0.6) is 0 Å². The molecule has 0 radical (unpaired) electrons. The first-order valence-corrected chi connectivity index (χ1v) is 9.56. The number of carbonyl (C=O) groups excluding carboxylic acids is 1. The van der Waals surface area contributed by atoms with Crippen LogP contribution in [0.25, 0.3) is 0 Å². The zero-order valence-corrected chi connectivity index (χ0v) is 18.3. The van der Waals surface area contributed by atoms with Crippen LogP contribution in [0.4, 0.5) is 4.39 Å². The Balaban J connectivity index is 0.00000364. The molecular weight excluding hydrogens is 406 g/mol. The molecule has 0 aliphatic rings. The summed E-state index contributed by atoms with van der Waals surface area (Å²) in [5, 5.41) is 10.7. The molecule has 0 spiro atoms. The number of amides is 1. The van der Waals surface area contributed by atoms with Gasteiger partial charge in [-0.2, -0.15) is 4.31 Å². The number of hydrogen-bond acceptors (Lipinski definition) is 4. The maximum atomic E-state index is 13.1. The van der Waals surface area contributed by atoms with Gasteiger partial charge in [0.05, 0.1) is 4.90 Å². The Morgan fingerprint density at radius 3 is 2.26 bits per heavy atom. The molecule has 0 fully saturated rings. The molecule has 0 aromatic heterocycles. The molecule has 0 aliphatic carbocycles. The van der Waals surface area contributed by atoms with Gasteiger partial charge in [-0.15, -0.1) is 0 Å². The number of rotatable bonds is 8. The first kappa shape index (κ1) is 24.0. The summed E-state index contributed by atoms with van der Waals surface area (Å²) in [6, 6.07) is 11.2. The smallest absolute Gasteiger partial charge is 0.759 e. The number of sulfonamides is 1. The fraction of sp³-hybridized carbons (Fsp3) is 0.235. The Bertz CT molecular complexity index is 848. The first-order valence-electron chi connectivity index (χ1n) is 7.74. The summed E-state index contributed by atoms with van der Waals surface area (Å²) in [5.74, 6) is -1.14. The standard InChI is InChI=1S/C17H17ClFN2O4S.Na/c18-14-5-9-16(10-6-14)26(24,25)21(11-1-2-17(22)20-23)12-13-3-7-15(19)8-4-13;/h3-10H,1-2,11-12H2,(H-,20,22,23);/q-1;+1. The number of carbonyl (C=O) groups is 1. The van der Waals surface area contributed by atoms with Crippen LogP contribution < -0.4 is 35.0 Å². The van der Waals surface area contributed by atoms with Crippen molar-refractivity contribution in [3.63, 3.8) is 0 Å². The van der Waals surface area contributed by atoms with Crippen molar-refractivity contribution in [3.8, 4) is 0 Å². The summed E-state index contributed by atoms with van der Waals surface area (Å²) in [6.45, 7) is 0.0278. The number of benzene rings is 2. The molecule has 0 saturated heterocycles. The molecule has 0 atom stereocenters. The number of nitrogens with one attached hydrogen (secondary N) is 1. The summed E-state index contributed by atoms with van der Waals surface area (Å²) >= 11 is 5.80. The zero-order valence-electron chi connectivity index (χ0n) is 14.7. The molecule has 27 heavy (non-hydrogen) atoms. The predicted molar refractivity (Wildman–Crippen MR) is 96.2 cm³/mol. The molecule has 0 heterocycles. The SMILES string of the molecule is O=C(CCCN(Cc1ccc(F)cc1)S(=O)(=O)c1ccc(Cl)cc1)N[O-].[Na+]. The van der Waals surface area contributed by atoms with E-state index in [0.29, 0.717) is 10.6 Å². The van der Waals surface area contributed by atoms with Crippen LogP contribution in [-0.2, 0) is 21.4 Å². The van der Waals surface area contributed by atoms with E-state index >= 15 is 0 Å². The van der Waals surface area contributed by atoms with E-state index < -0.39 is 21.7 Å². The average Bonchev–Trinajstić information content (AvgIpc) is 2.62. The van der Waals surface area contributed by atoms with Crippen molar-refractivity contribution in [3.05, 3.63) is 70.1 Å². The second-order valence-corrected chi connectivity index (χ2v) is 7.92. The summed E-state index contributed by atoms with van der Waals surface area (Å²) < 4.78 is 40.1. The molecule has 0 saturated carbocycles. The number of hydrogen-bond donors (Lipinski definition) is 1. The summed E-state index contributed by atoms with van der Waals surface area (Å²) in [7, 11) is -3.86. The van der Waals surface area contributed by atoms with Crippen molar-refractivity contribution in [2.24, 2.45) is 0 Å². The van der Waals surface area contributed by atoms with Crippen LogP contribution in [0.3, 0.4) is 0 Å². The molecule has 6 nitrogen and oxygen atoms in total. The third-order valence-corrected chi connectivity index (χ3v) is 5.76. The monoisotopic (exact) mass is 422 g/mol. The quantitative estimate of drug-likeness (QED) is 0.481. The van der Waals surface area contributed by atoms with Crippen LogP contribution in [-0.4, -0.2) is 25.2 Å². The topological polar surface area (TPSA) is 89.5 Å². The van der Waals surface area contributed by atoms with Gasteiger partial charge in [0, 0.05) is 24.5 Å². The van der Waals surface area contributed by atoms with Crippen molar-refractivity contribution >= 4 is 27.5 Å². The number of hydroxylamine groups is 1. The van der Waals surface area contributed by atoms with Gasteiger partial charge in [0.1, 0.15) is 5.82 Å². The Morgan fingerprint density at radius 2 is 1.70 bits per heavy atom. The molecule has 2 aromatic rings. The van der Waals surface area contributed by atoms with Gasteiger partial charge in [0.15, 0.2) is 0 Å². The largest absolute Gasteiger partial charge is 1.00 e. The van der Waals surface area contributed by atoms with E-state index in [0.717, 1.165) is 0 Å². The molecule has 0 bridgehead atoms. The maximum Gasteiger partial charge on any atom is 1.00 e. The fourth-order valence-electron chi connectivity index (χ4n) is 2.30. The third kappa shape index (κ3) is 7.15. The van der Waals surface area contributed by atoms with E-state index in [-0.39, 0.29) is 60.4 Å². The Kier molecular flexibility index (Phi) is 9.89. The summed E-state index contributed by atoms with van der Waals surface area (Å²) in [5.41, 5.74) is 1.85. The van der Waals surface area contributed by atoms with Crippen LogP contribution in [0, 0.1) is 11.0 Å². The maximum absolute atomic E-state index is 13.1. The van der Waals surface area contributed by atoms with E-state index in [1.807, 2.05) is 0 Å². The second-order valence-electron chi connectivity index (χ2n) is 5.55. The van der Waals surface area contributed by atoms with Gasteiger partial charge < -0.3 is 10.7 Å². The molecule has 1 N–H and O–H groups in total. The Hall–Kier alpha value is -1.000. The number of halogens is 2. The van der Waals surface area contributed by atoms with Gasteiger partial charge in [-0.3, -0.25) is 4.79 Å². The van der Waals surface area contributed by atoms with Crippen LogP contribution >= 0.6 is 11.6 Å². The van der Waals surface area contributed by atoms with Crippen molar-refractivity contribution in [2.75, 3.05) is 6.54 Å². The molecule has 0 unspecified atom stereocenters. The third-order valence-electron chi connectivity index (χ3n) is 3.65. The molecular formula is C17H17ClFN2NaO4S. The number of nitrogens with zero attached hydrogens (tertiary/aromatic N) is 1. The summed E-state index contributed by atoms with van der Waals surface area (Å²) in [4.78, 5) is 11.2. The minimum absolute atomic E-state index is 0. The van der Waals surface area contributed by atoms with E-state index in [2.05, 4.69) is 0 Å². The molecule has 140 valence electrons. The van der Waals surface area contributed by atoms with Crippen molar-refractivity contribution in [2.45, 2.75) is 24.3 Å². The minimum atomic E-state index is -3.86. The van der Waals surface area contributed by atoms with Gasteiger partial charge in [-0.05, 0) is 48.4 Å². The summed E-state index contributed by atoms with van der Waals surface area (Å²) in [6.07, 6.45) is 0.0711. The van der Waals surface area contributed by atoms with E-state index in [1.54, 1.807) is 0 Å². The first-order chi connectivity index (χ1) is 12.3. The molecule has 2 aromatic carbocycles. The zero-order chi connectivity index (χ0) is 19.2. The predicted octanol–water partition coefficient (Wildman–Crippen LogP) is 0.0682. The van der Waals surface area contributed by atoms with Gasteiger partial charge in [-0.1, -0.05) is 23.7 Å². The van der Waals surface area contributed by atoms with Crippen LogP contribution in [0.1, 0.15) is 18.4 Å². The van der Waals surface area contributed by atoms with E-state index in [9.17, 15) is 22.8 Å². The molecule has 0 aliphatic heterocycles. The van der Waals surface area contributed by atoms with Crippen LogP contribution in [0.2, 0.25) is 5.02 Å². The second kappa shape index (κ2) is 11.1. The molecule has 10 heteroatoms. The van der Waals surface area contributed by atoms with Crippen LogP contribution in [0.15, 0.2) is 53.4 Å².